The molecule has 9 heteroatoms. The number of rotatable bonds is 3. The minimum absolute atomic E-state index is 0.0206. The zero-order valence-electron chi connectivity index (χ0n) is 15.7. The predicted octanol–water partition coefficient (Wildman–Crippen LogP) is 2.28. The molecular formula is C20H20N4O4S. The molecular weight excluding hydrogens is 392 g/mol. The van der Waals surface area contributed by atoms with E-state index in [1.165, 1.54) is 16.1 Å². The summed E-state index contributed by atoms with van der Waals surface area (Å²) in [6, 6.07) is 9.30. The molecule has 2 aliphatic rings. The number of carbonyl (C=O) groups is 2. The lowest BCUT2D eigenvalue weighted by Gasteiger charge is -2.44. The summed E-state index contributed by atoms with van der Waals surface area (Å²) in [7, 11) is 0. The van der Waals surface area contributed by atoms with E-state index >= 15 is 0 Å². The zero-order chi connectivity index (χ0) is 20.0. The van der Waals surface area contributed by atoms with Crippen molar-refractivity contribution < 1.29 is 19.4 Å². The maximum absolute atomic E-state index is 12.8. The molecule has 5 rings (SSSR count). The van der Waals surface area contributed by atoms with E-state index in [-0.39, 0.29) is 12.5 Å². The number of aromatic nitrogens is 3. The number of amides is 1. The van der Waals surface area contributed by atoms with Gasteiger partial charge in [0, 0.05) is 24.4 Å². The van der Waals surface area contributed by atoms with Gasteiger partial charge in [0.05, 0.1) is 12.2 Å². The number of hydrogen-bond donors (Lipinski definition) is 1. The van der Waals surface area contributed by atoms with Gasteiger partial charge >= 0.3 is 5.97 Å². The minimum atomic E-state index is -0.897. The van der Waals surface area contributed by atoms with Crippen LogP contribution in [0.5, 0.6) is 0 Å². The van der Waals surface area contributed by atoms with Crippen LogP contribution in [0.4, 0.5) is 0 Å². The Labute approximate surface area is 170 Å². The number of carboxylic acids is 1. The van der Waals surface area contributed by atoms with E-state index in [4.69, 9.17) is 4.74 Å². The van der Waals surface area contributed by atoms with Crippen LogP contribution in [0.2, 0.25) is 0 Å². The standard InChI is InChI=1S/C20H20N4O4S/c25-18(12-24-21-14-3-1-2-4-15(14)22-24)23-8-6-20(7-9-23)13-11-17(19(26)27)29-16(13)5-10-28-20/h1-4,11H,5-10,12H2,(H,26,27). The molecule has 1 amide bonds. The Morgan fingerprint density at radius 1 is 1.17 bits per heavy atom. The van der Waals surface area contributed by atoms with Crippen molar-refractivity contribution in [1.82, 2.24) is 19.9 Å². The molecule has 2 aromatic heterocycles. The van der Waals surface area contributed by atoms with Gasteiger partial charge in [0.25, 0.3) is 0 Å². The fraction of sp³-hybridized carbons (Fsp3) is 0.400. The first-order valence-electron chi connectivity index (χ1n) is 9.62. The molecule has 2 aliphatic heterocycles. The van der Waals surface area contributed by atoms with Crippen molar-refractivity contribution in [2.24, 2.45) is 0 Å². The number of piperidine rings is 1. The van der Waals surface area contributed by atoms with Gasteiger partial charge in [-0.3, -0.25) is 4.79 Å². The summed E-state index contributed by atoms with van der Waals surface area (Å²) in [6.07, 6.45) is 2.07. The monoisotopic (exact) mass is 412 g/mol. The topological polar surface area (TPSA) is 97.6 Å². The smallest absolute Gasteiger partial charge is 0.345 e. The molecule has 0 saturated carbocycles. The summed E-state index contributed by atoms with van der Waals surface area (Å²) in [4.78, 5) is 28.9. The number of aromatic carboxylic acids is 1. The summed E-state index contributed by atoms with van der Waals surface area (Å²) in [5.74, 6) is -0.918. The van der Waals surface area contributed by atoms with E-state index in [1.807, 2.05) is 29.2 Å². The van der Waals surface area contributed by atoms with Crippen molar-refractivity contribution in [1.29, 1.82) is 0 Å². The normalized spacial score (nSPS) is 18.1. The second-order valence-electron chi connectivity index (χ2n) is 7.45. The van der Waals surface area contributed by atoms with Crippen LogP contribution in [0.25, 0.3) is 11.0 Å². The first kappa shape index (κ1) is 18.3. The lowest BCUT2D eigenvalue weighted by molar-refractivity contribution is -0.141. The van der Waals surface area contributed by atoms with Crippen LogP contribution < -0.4 is 0 Å². The number of fused-ring (bicyclic) bond motifs is 3. The van der Waals surface area contributed by atoms with E-state index in [2.05, 4.69) is 10.2 Å². The highest BCUT2D eigenvalue weighted by molar-refractivity contribution is 7.14. The van der Waals surface area contributed by atoms with Crippen LogP contribution >= 0.6 is 11.3 Å². The maximum atomic E-state index is 12.8. The Kier molecular flexibility index (Phi) is 4.36. The number of ether oxygens (including phenoxy) is 1. The molecule has 8 nitrogen and oxygen atoms in total. The summed E-state index contributed by atoms with van der Waals surface area (Å²) in [5.41, 5.74) is 2.06. The molecule has 0 aliphatic carbocycles. The van der Waals surface area contributed by atoms with Crippen molar-refractivity contribution in [3.8, 4) is 0 Å². The molecule has 0 bridgehead atoms. The van der Waals surface area contributed by atoms with Crippen LogP contribution in [0.1, 0.15) is 33.0 Å². The molecule has 150 valence electrons. The number of carboxylic acid groups (broad SMARTS) is 1. The predicted molar refractivity (Wildman–Crippen MR) is 106 cm³/mol. The molecule has 4 heterocycles. The third kappa shape index (κ3) is 3.20. The Morgan fingerprint density at radius 2 is 1.86 bits per heavy atom. The van der Waals surface area contributed by atoms with Gasteiger partial charge in [0.15, 0.2) is 0 Å². The first-order chi connectivity index (χ1) is 14.0. The fourth-order valence-electron chi connectivity index (χ4n) is 4.25. The lowest BCUT2D eigenvalue weighted by Crippen LogP contribution is -2.48. The molecule has 1 fully saturated rings. The van der Waals surface area contributed by atoms with Crippen LogP contribution in [0.15, 0.2) is 30.3 Å². The highest BCUT2D eigenvalue weighted by atomic mass is 32.1. The van der Waals surface area contributed by atoms with E-state index < -0.39 is 11.6 Å². The lowest BCUT2D eigenvalue weighted by atomic mass is 9.82. The van der Waals surface area contributed by atoms with Crippen molar-refractivity contribution in [3.05, 3.63) is 45.6 Å². The largest absolute Gasteiger partial charge is 0.477 e. The van der Waals surface area contributed by atoms with Crippen LogP contribution in [0.3, 0.4) is 0 Å². The number of likely N-dealkylation sites (tertiary alicyclic amines) is 1. The number of thiophene rings is 1. The highest BCUT2D eigenvalue weighted by Crippen LogP contribution is 2.44. The number of nitrogens with zero attached hydrogens (tertiary/aromatic N) is 4. The highest BCUT2D eigenvalue weighted by Gasteiger charge is 2.43. The Hall–Kier alpha value is -2.78. The summed E-state index contributed by atoms with van der Waals surface area (Å²) < 4.78 is 6.16. The van der Waals surface area contributed by atoms with Gasteiger partial charge in [-0.15, -0.1) is 11.3 Å². The van der Waals surface area contributed by atoms with Crippen molar-refractivity contribution in [2.45, 2.75) is 31.4 Å². The Morgan fingerprint density at radius 3 is 2.52 bits per heavy atom. The zero-order valence-corrected chi connectivity index (χ0v) is 16.5. The third-order valence-corrected chi connectivity index (χ3v) is 6.93. The average molecular weight is 412 g/mol. The maximum Gasteiger partial charge on any atom is 0.345 e. The van der Waals surface area contributed by atoms with Crippen molar-refractivity contribution in [3.63, 3.8) is 0 Å². The molecule has 3 aromatic rings. The van der Waals surface area contributed by atoms with Gasteiger partial charge in [-0.1, -0.05) is 12.1 Å². The summed E-state index contributed by atoms with van der Waals surface area (Å²) in [6.45, 7) is 1.83. The SMILES string of the molecule is O=C(O)c1cc2c(s1)CCOC21CCN(C(=O)Cn2nc3ccccc3n2)CC1. The summed E-state index contributed by atoms with van der Waals surface area (Å²) in [5, 5.41) is 18.0. The van der Waals surface area contributed by atoms with Gasteiger partial charge in [0.1, 0.15) is 22.5 Å². The van der Waals surface area contributed by atoms with Gasteiger partial charge in [0.2, 0.25) is 5.91 Å². The van der Waals surface area contributed by atoms with Crippen LogP contribution in [-0.2, 0) is 28.1 Å². The third-order valence-electron chi connectivity index (χ3n) is 5.75. The van der Waals surface area contributed by atoms with E-state index in [0.29, 0.717) is 37.4 Å². The second-order valence-corrected chi connectivity index (χ2v) is 8.58. The molecule has 0 atom stereocenters. The molecule has 0 radical (unpaired) electrons. The minimum Gasteiger partial charge on any atom is -0.477 e. The second kappa shape index (κ2) is 6.93. The van der Waals surface area contributed by atoms with Gasteiger partial charge in [-0.2, -0.15) is 15.0 Å². The van der Waals surface area contributed by atoms with E-state index in [0.717, 1.165) is 27.9 Å². The number of benzene rings is 1. The van der Waals surface area contributed by atoms with Gasteiger partial charge < -0.3 is 14.7 Å². The molecule has 1 N–H and O–H groups in total. The summed E-state index contributed by atoms with van der Waals surface area (Å²) >= 11 is 1.34. The van der Waals surface area contributed by atoms with Crippen LogP contribution in [-0.4, -0.2) is 56.6 Å². The molecule has 1 spiro atoms. The van der Waals surface area contributed by atoms with Crippen molar-refractivity contribution >= 4 is 34.2 Å². The van der Waals surface area contributed by atoms with Gasteiger partial charge in [-0.05, 0) is 36.6 Å². The number of carbonyl (C=O) groups excluding carboxylic acids is 1. The van der Waals surface area contributed by atoms with E-state index in [9.17, 15) is 14.7 Å². The molecule has 1 aromatic carbocycles. The quantitative estimate of drug-likeness (QED) is 0.709. The van der Waals surface area contributed by atoms with Crippen LogP contribution in [0, 0.1) is 0 Å². The molecule has 1 saturated heterocycles. The van der Waals surface area contributed by atoms with E-state index in [1.54, 1.807) is 6.07 Å². The Bertz CT molecular complexity index is 1060. The fourth-order valence-corrected chi connectivity index (χ4v) is 5.32. The molecule has 29 heavy (non-hydrogen) atoms. The number of hydrogen-bond acceptors (Lipinski definition) is 6. The Balaban J connectivity index is 1.29. The average Bonchev–Trinajstić information content (AvgIpc) is 3.33. The first-order valence-corrected chi connectivity index (χ1v) is 10.4. The molecule has 0 unspecified atom stereocenters. The van der Waals surface area contributed by atoms with Gasteiger partial charge in [-0.25, -0.2) is 4.79 Å². The van der Waals surface area contributed by atoms with Crippen molar-refractivity contribution in [2.75, 3.05) is 19.7 Å².